The lowest BCUT2D eigenvalue weighted by molar-refractivity contribution is -0.136. The highest BCUT2D eigenvalue weighted by Crippen LogP contribution is 2.29. The number of H-pyrrole nitrogens is 4. The first-order valence-corrected chi connectivity index (χ1v) is 42.8. The van der Waals surface area contributed by atoms with Crippen LogP contribution < -0.4 is 97.4 Å². The van der Waals surface area contributed by atoms with E-state index in [-0.39, 0.29) is 127 Å². The van der Waals surface area contributed by atoms with Crippen LogP contribution in [0.5, 0.6) is 0 Å². The Bertz CT molecular complexity index is 4870. The maximum atomic E-state index is 15.9. The van der Waals surface area contributed by atoms with Crippen LogP contribution in [0.4, 0.5) is 9.59 Å². The lowest BCUT2D eigenvalue weighted by atomic mass is 9.90. The average Bonchev–Trinajstić information content (AvgIpc) is 1.37. The quantitative estimate of drug-likeness (QED) is 0.0156. The number of fused-ring (bicyclic) bond motifs is 6. The number of carbonyl (C=O) groups excluding carboxylic acids is 14. The summed E-state index contributed by atoms with van der Waals surface area (Å²) in [6.07, 6.45) is 8.21. The molecule has 15 amide bonds. The van der Waals surface area contributed by atoms with Gasteiger partial charge in [0.05, 0.1) is 30.1 Å². The number of nitrogens with zero attached hydrogens (tertiary/aromatic N) is 2. The van der Waals surface area contributed by atoms with Gasteiger partial charge >= 0.3 is 12.1 Å². The van der Waals surface area contributed by atoms with E-state index < -0.39 is 161 Å². The maximum absolute atomic E-state index is 15.9. The number of aldehydes is 1. The molecule has 12 atom stereocenters. The summed E-state index contributed by atoms with van der Waals surface area (Å²) in [6, 6.07) is 13.7. The summed E-state index contributed by atoms with van der Waals surface area (Å²) in [7, 11) is 1.39. The van der Waals surface area contributed by atoms with Crippen LogP contribution in [0.15, 0.2) is 147 Å². The third-order valence-corrected chi connectivity index (χ3v) is 23.3. The van der Waals surface area contributed by atoms with Crippen LogP contribution in [0.2, 0.25) is 0 Å². The zero-order valence-electron chi connectivity index (χ0n) is 67.1. The van der Waals surface area contributed by atoms with Crippen LogP contribution >= 0.6 is 21.6 Å². The lowest BCUT2D eigenvalue weighted by Gasteiger charge is -2.34. The molecule has 122 heavy (non-hydrogen) atoms. The van der Waals surface area contributed by atoms with Gasteiger partial charge < -0.3 is 122 Å². The van der Waals surface area contributed by atoms with E-state index in [1.807, 2.05) is 0 Å². The van der Waals surface area contributed by atoms with Gasteiger partial charge in [-0.05, 0) is 112 Å². The number of hydrogen-bond acceptors (Lipinski definition) is 21. The molecule has 26 N–H and O–H groups in total. The first-order chi connectivity index (χ1) is 59.0. The van der Waals surface area contributed by atoms with E-state index in [1.54, 1.807) is 122 Å². The Labute approximate surface area is 710 Å². The van der Waals surface area contributed by atoms with Gasteiger partial charge in [0.25, 0.3) is 5.91 Å². The van der Waals surface area contributed by atoms with Crippen molar-refractivity contribution in [3.8, 4) is 0 Å². The second kappa shape index (κ2) is 46.2. The predicted octanol–water partition coefficient (Wildman–Crippen LogP) is -0.767. The highest BCUT2D eigenvalue weighted by atomic mass is 33.1. The minimum atomic E-state index is -1.98. The van der Waals surface area contributed by atoms with E-state index in [4.69, 9.17) is 22.9 Å². The second-order valence-electron chi connectivity index (χ2n) is 30.0. The molecule has 0 radical (unpaired) electrons. The van der Waals surface area contributed by atoms with Crippen molar-refractivity contribution >= 4 is 127 Å². The first kappa shape index (κ1) is 91.6. The zero-order valence-corrected chi connectivity index (χ0v) is 68.7. The van der Waals surface area contributed by atoms with Crippen molar-refractivity contribution in [2.45, 2.75) is 174 Å². The number of rotatable bonds is 29. The summed E-state index contributed by atoms with van der Waals surface area (Å²) in [6.45, 7) is -0.388. The molecule has 0 unspecified atom stereocenters. The molecule has 6 heterocycles. The Kier molecular flexibility index (Phi) is 34.7. The molecule has 4 aromatic heterocycles. The van der Waals surface area contributed by atoms with Crippen LogP contribution in [0, 0.1) is 0 Å². The van der Waals surface area contributed by atoms with Gasteiger partial charge in [0.15, 0.2) is 5.37 Å². The smallest absolute Gasteiger partial charge is 0.312 e. The van der Waals surface area contributed by atoms with Gasteiger partial charge in [-0.2, -0.15) is 0 Å². The Morgan fingerprint density at radius 2 is 0.828 bits per heavy atom. The number of carbonyl (C=O) groups is 14. The number of imidazole rings is 2. The number of aromatic amines is 4. The zero-order chi connectivity index (χ0) is 86.9. The number of primary amides is 2. The summed E-state index contributed by atoms with van der Waals surface area (Å²) >= 11 is 0. The minimum absolute atomic E-state index is 0.00582. The molecule has 650 valence electrons. The Morgan fingerprint density at radius 3 is 1.31 bits per heavy atom. The molecular formula is C82H106N24O14S2. The molecule has 2 aliphatic rings. The van der Waals surface area contributed by atoms with E-state index >= 15 is 52.7 Å². The van der Waals surface area contributed by atoms with Crippen LogP contribution in [-0.4, -0.2) is 223 Å². The van der Waals surface area contributed by atoms with E-state index in [0.29, 0.717) is 74.0 Å². The number of amides is 15. The molecule has 2 saturated heterocycles. The normalized spacial score (nSPS) is 23.2. The van der Waals surface area contributed by atoms with Crippen molar-refractivity contribution in [2.24, 2.45) is 22.9 Å². The van der Waals surface area contributed by atoms with E-state index in [0.717, 1.165) is 10.8 Å². The van der Waals surface area contributed by atoms with Gasteiger partial charge in [-0.25, -0.2) is 19.6 Å². The summed E-state index contributed by atoms with van der Waals surface area (Å²) in [5.74, 6) is -11.1. The molecular weight excluding hydrogens is 1610 g/mol. The van der Waals surface area contributed by atoms with Gasteiger partial charge in [-0.3, -0.25) is 52.7 Å². The van der Waals surface area contributed by atoms with Crippen molar-refractivity contribution in [3.05, 3.63) is 180 Å². The standard InChI is InChI=1S/C82H106N24O14S2/c83-29-13-11-25-59-69(109)103-66(37-53-42-88-47-95-53)77(117)106-82(45-107,38-49-19-5-2-6-20-49)44-93-58(27-15-31-89-80(85)119)68(108)100-64(35-51-40-92-57-24-10-8-22-55(51)57)75(115)105-79-78(118)98-60(26-12-14-30-84)70(110)102-65(36-52-41-87-46-94-52)74(114)99-62(33-48-17-3-1-4-18-48)72(112)96-61(28-16-32-90-81(86)120)71(111)101-63(34-50-39-91-56-23-9-7-21-54(50)56)73(113)104-67(43-121-122-79)76(116)97-59/h1-10,17-24,39-42,45-47,58-67,79,91-93H,11-16,25-38,43-44,83-84H2,(H,87,94)(H,88,95)(H,96,112)(H,97,116)(H,98,118)(H,99,114)(H,100,108)(H,101,111)(H,102,110)(H,103,109)(H,104,113)(H,105,115)(H,106,117)(H3,85,89,119)(H3,86,90,120)/t58-,59-,60-,61-,62+,63-,64-,65-,66-,67-,79-,82+/m0/s1. The van der Waals surface area contributed by atoms with Crippen molar-refractivity contribution < 1.29 is 67.1 Å². The molecule has 2 bridgehead atoms. The molecule has 10 rings (SSSR count). The third kappa shape index (κ3) is 27.4. The summed E-state index contributed by atoms with van der Waals surface area (Å²) < 4.78 is 0. The Balaban J connectivity index is 1.14. The number of nitrogens with one attached hydrogen (secondary N) is 18. The van der Waals surface area contributed by atoms with Crippen molar-refractivity contribution in [1.82, 2.24) is 104 Å². The Hall–Kier alpha value is -12.7. The summed E-state index contributed by atoms with van der Waals surface area (Å²) in [5, 5.41) is 38.6. The number of nitrogens with two attached hydrogens (primary N) is 4. The molecule has 0 spiro atoms. The van der Waals surface area contributed by atoms with Crippen molar-refractivity contribution in [3.63, 3.8) is 0 Å². The van der Waals surface area contributed by atoms with Crippen molar-refractivity contribution in [2.75, 3.05) is 38.5 Å². The number of urea groups is 2. The van der Waals surface area contributed by atoms with Gasteiger partial charge in [-0.15, -0.1) is 0 Å². The van der Waals surface area contributed by atoms with E-state index in [9.17, 15) is 14.4 Å². The summed E-state index contributed by atoms with van der Waals surface area (Å²) in [4.78, 5) is 231. The van der Waals surface area contributed by atoms with Gasteiger partial charge in [-0.1, -0.05) is 119 Å². The average molecular weight is 1720 g/mol. The van der Waals surface area contributed by atoms with E-state index in [2.05, 4.69) is 104 Å². The molecule has 0 saturated carbocycles. The fourth-order valence-electron chi connectivity index (χ4n) is 14.3. The molecule has 40 heteroatoms. The van der Waals surface area contributed by atoms with E-state index in [1.165, 1.54) is 25.0 Å². The number of benzene rings is 4. The van der Waals surface area contributed by atoms with Crippen LogP contribution in [0.3, 0.4) is 0 Å². The molecule has 2 fully saturated rings. The molecule has 4 aromatic carbocycles. The second-order valence-corrected chi connectivity index (χ2v) is 32.5. The van der Waals surface area contributed by atoms with Crippen molar-refractivity contribution in [1.29, 1.82) is 0 Å². The minimum Gasteiger partial charge on any atom is -0.361 e. The largest absolute Gasteiger partial charge is 0.361 e. The molecule has 2 aliphatic heterocycles. The fourth-order valence-corrected chi connectivity index (χ4v) is 16.7. The number of para-hydroxylation sites is 2. The predicted molar refractivity (Wildman–Crippen MR) is 456 cm³/mol. The monoisotopic (exact) mass is 1710 g/mol. The SMILES string of the molecule is NCCCC[C@@H]1NC(=O)[C@@H]2CSS[C@H](NC(=O)[C@H](Cc3c[nH]c4ccccc34)NC(=O)[C@H](CCCNC(N)=O)NC[C@@](C=O)(Cc3ccccc3)NC(=O)[C@H](Cc3c[nH]cn3)NC1=O)C(=O)N[C@@H](CCCCN)C(=O)N[C@@H](Cc1c[nH]cn1)C(=O)N[C@H](Cc1ccccc1)C(=O)N[C@@H](CCCNC(N)=O)C(=O)N[C@@H](Cc1c[nH]c3ccccc13)C(=O)N2. The highest BCUT2D eigenvalue weighted by molar-refractivity contribution is 8.77. The molecule has 0 aliphatic carbocycles. The fraction of sp³-hybridized carbons (Fsp3) is 0.415. The first-order valence-electron chi connectivity index (χ1n) is 40.4. The van der Waals surface area contributed by atoms with Crippen LogP contribution in [0.1, 0.15) is 97.8 Å². The number of hydrogen-bond donors (Lipinski definition) is 22. The third-order valence-electron chi connectivity index (χ3n) is 20.8. The highest BCUT2D eigenvalue weighted by Gasteiger charge is 2.42. The van der Waals surface area contributed by atoms with Crippen LogP contribution in [0.25, 0.3) is 21.8 Å². The van der Waals surface area contributed by atoms with Gasteiger partial charge in [0.2, 0.25) is 59.1 Å². The van der Waals surface area contributed by atoms with Gasteiger partial charge in [0.1, 0.15) is 66.2 Å². The van der Waals surface area contributed by atoms with Crippen LogP contribution in [-0.2, 0) is 96.1 Å². The molecule has 38 nitrogen and oxygen atoms in total. The molecule has 8 aromatic rings. The Morgan fingerprint density at radius 1 is 0.426 bits per heavy atom. The topological polar surface area (TPSA) is 600 Å². The summed E-state index contributed by atoms with van der Waals surface area (Å²) in [5.41, 5.74) is 24.9. The lowest BCUT2D eigenvalue weighted by Crippen LogP contribution is -2.65. The number of unbranched alkanes of at least 4 members (excludes halogenated alkanes) is 2. The number of aromatic nitrogens is 6. The maximum Gasteiger partial charge on any atom is 0.312 e. The van der Waals surface area contributed by atoms with Gasteiger partial charge in [0, 0.05) is 111 Å².